The summed E-state index contributed by atoms with van der Waals surface area (Å²) in [5.74, 6) is -1.11. The number of carboxylic acid groups (broad SMARTS) is 1. The number of nitrogens with one attached hydrogen (secondary N) is 1. The van der Waals surface area contributed by atoms with Crippen LogP contribution in [0.3, 0.4) is 0 Å². The lowest BCUT2D eigenvalue weighted by Gasteiger charge is -2.11. The highest BCUT2D eigenvalue weighted by atomic mass is 32.1. The standard InChI is InChI=1S/C4H9NO3S/c1-2(6)3(5-9)4(7)8/h2-3,5-6,9H,1H3,(H,7,8)/t2?,3-/m0/s1. The molecule has 0 aliphatic heterocycles. The summed E-state index contributed by atoms with van der Waals surface area (Å²) in [6.45, 7) is 1.38. The lowest BCUT2D eigenvalue weighted by Crippen LogP contribution is -2.40. The van der Waals surface area contributed by atoms with E-state index >= 15 is 0 Å². The van der Waals surface area contributed by atoms with Crippen molar-refractivity contribution in [1.29, 1.82) is 0 Å². The van der Waals surface area contributed by atoms with E-state index in [2.05, 4.69) is 17.5 Å². The van der Waals surface area contributed by atoms with Gasteiger partial charge in [0, 0.05) is 0 Å². The van der Waals surface area contributed by atoms with Crippen LogP contribution in [-0.4, -0.2) is 28.3 Å². The molecule has 9 heavy (non-hydrogen) atoms. The molecule has 0 spiro atoms. The molecule has 0 bridgehead atoms. The van der Waals surface area contributed by atoms with Crippen LogP contribution in [0.4, 0.5) is 0 Å². The third-order valence-electron chi connectivity index (χ3n) is 0.888. The van der Waals surface area contributed by atoms with Crippen molar-refractivity contribution in [2.24, 2.45) is 0 Å². The van der Waals surface area contributed by atoms with Crippen molar-refractivity contribution < 1.29 is 15.0 Å². The minimum Gasteiger partial charge on any atom is -0.480 e. The summed E-state index contributed by atoms with van der Waals surface area (Å²) in [6, 6.07) is -0.992. The van der Waals surface area contributed by atoms with Crippen LogP contribution in [0.5, 0.6) is 0 Å². The van der Waals surface area contributed by atoms with Crippen LogP contribution in [0.2, 0.25) is 0 Å². The lowest BCUT2D eigenvalue weighted by molar-refractivity contribution is -0.141. The van der Waals surface area contributed by atoms with Gasteiger partial charge in [0.25, 0.3) is 0 Å². The van der Waals surface area contributed by atoms with E-state index in [4.69, 9.17) is 10.2 Å². The second-order valence-electron chi connectivity index (χ2n) is 1.69. The Balaban J connectivity index is 3.83. The van der Waals surface area contributed by atoms with Gasteiger partial charge in [0.05, 0.1) is 6.10 Å². The molecule has 1 unspecified atom stereocenters. The number of carbonyl (C=O) groups is 1. The average molecular weight is 151 g/mol. The van der Waals surface area contributed by atoms with Crippen molar-refractivity contribution in [2.75, 3.05) is 0 Å². The summed E-state index contributed by atoms with van der Waals surface area (Å²) in [6.07, 6.45) is -0.931. The Morgan fingerprint density at radius 1 is 1.78 bits per heavy atom. The Kier molecular flexibility index (Phi) is 3.60. The van der Waals surface area contributed by atoms with Gasteiger partial charge in [-0.3, -0.25) is 9.52 Å². The third kappa shape index (κ3) is 2.69. The van der Waals surface area contributed by atoms with Crippen LogP contribution in [0.1, 0.15) is 6.92 Å². The van der Waals surface area contributed by atoms with Crippen LogP contribution >= 0.6 is 12.8 Å². The van der Waals surface area contributed by atoms with Crippen molar-refractivity contribution in [3.8, 4) is 0 Å². The van der Waals surface area contributed by atoms with E-state index in [1.807, 2.05) is 0 Å². The average Bonchev–Trinajstić information content (AvgIpc) is 1.64. The summed E-state index contributed by atoms with van der Waals surface area (Å²) in [5, 5.41) is 17.0. The maximum atomic E-state index is 10.1. The van der Waals surface area contributed by atoms with Crippen LogP contribution < -0.4 is 4.72 Å². The molecule has 0 aliphatic rings. The molecule has 0 saturated heterocycles. The number of hydrogen-bond donors (Lipinski definition) is 4. The molecule has 5 heteroatoms. The number of aliphatic carboxylic acids is 1. The zero-order valence-corrected chi connectivity index (χ0v) is 5.80. The number of carboxylic acids is 1. The normalized spacial score (nSPS) is 16.8. The number of thiol groups is 1. The zero-order valence-electron chi connectivity index (χ0n) is 4.90. The first-order chi connectivity index (χ1) is 4.09. The maximum absolute atomic E-state index is 10.1. The van der Waals surface area contributed by atoms with E-state index in [-0.39, 0.29) is 0 Å². The Hall–Kier alpha value is -0.260. The quantitative estimate of drug-likeness (QED) is 0.401. The minimum atomic E-state index is -1.11. The molecule has 0 aromatic heterocycles. The molecule has 3 N–H and O–H groups in total. The van der Waals surface area contributed by atoms with E-state index < -0.39 is 18.1 Å². The van der Waals surface area contributed by atoms with Crippen molar-refractivity contribution in [1.82, 2.24) is 4.72 Å². The van der Waals surface area contributed by atoms with E-state index in [9.17, 15) is 4.79 Å². The highest BCUT2D eigenvalue weighted by Crippen LogP contribution is 1.92. The number of rotatable bonds is 3. The van der Waals surface area contributed by atoms with Gasteiger partial charge in [-0.25, -0.2) is 0 Å². The first-order valence-corrected chi connectivity index (χ1v) is 2.84. The zero-order chi connectivity index (χ0) is 7.44. The molecular formula is C4H9NO3S. The van der Waals surface area contributed by atoms with Crippen LogP contribution in [0, 0.1) is 0 Å². The van der Waals surface area contributed by atoms with E-state index in [0.717, 1.165) is 0 Å². The molecule has 0 aliphatic carbocycles. The fourth-order valence-corrected chi connectivity index (χ4v) is 0.696. The van der Waals surface area contributed by atoms with Crippen molar-refractivity contribution in [3.05, 3.63) is 0 Å². The lowest BCUT2D eigenvalue weighted by atomic mass is 10.2. The highest BCUT2D eigenvalue weighted by molar-refractivity contribution is 7.78. The Morgan fingerprint density at radius 2 is 2.22 bits per heavy atom. The molecule has 0 heterocycles. The van der Waals surface area contributed by atoms with E-state index in [1.54, 1.807) is 0 Å². The summed E-state index contributed by atoms with van der Waals surface area (Å²) < 4.78 is 2.15. The SMILES string of the molecule is CC(O)[C@H](NS)C(=O)O. The first kappa shape index (κ1) is 8.74. The molecule has 0 aromatic carbocycles. The second kappa shape index (κ2) is 3.71. The molecular weight excluding hydrogens is 142 g/mol. The third-order valence-corrected chi connectivity index (χ3v) is 1.17. The largest absolute Gasteiger partial charge is 0.480 e. The van der Waals surface area contributed by atoms with Crippen molar-refractivity contribution >= 4 is 18.8 Å². The van der Waals surface area contributed by atoms with Gasteiger partial charge in [-0.1, -0.05) is 12.8 Å². The fraction of sp³-hybridized carbons (Fsp3) is 0.750. The van der Waals surface area contributed by atoms with Crippen molar-refractivity contribution in [3.63, 3.8) is 0 Å². The van der Waals surface area contributed by atoms with Gasteiger partial charge in [-0.15, -0.1) is 0 Å². The number of aliphatic hydroxyl groups is 1. The van der Waals surface area contributed by atoms with Gasteiger partial charge in [-0.2, -0.15) is 0 Å². The monoisotopic (exact) mass is 151 g/mol. The predicted octanol–water partition coefficient (Wildman–Crippen LogP) is -0.745. The van der Waals surface area contributed by atoms with Crippen LogP contribution in [0.25, 0.3) is 0 Å². The van der Waals surface area contributed by atoms with Gasteiger partial charge < -0.3 is 10.2 Å². The van der Waals surface area contributed by atoms with Crippen LogP contribution in [-0.2, 0) is 4.79 Å². The van der Waals surface area contributed by atoms with Gasteiger partial charge in [0.15, 0.2) is 0 Å². The summed E-state index contributed by atoms with van der Waals surface area (Å²) in [5.41, 5.74) is 0. The molecule has 0 radical (unpaired) electrons. The molecule has 54 valence electrons. The minimum absolute atomic E-state index is 0.931. The highest BCUT2D eigenvalue weighted by Gasteiger charge is 2.20. The van der Waals surface area contributed by atoms with Crippen molar-refractivity contribution in [2.45, 2.75) is 19.1 Å². The molecule has 0 aromatic rings. The smallest absolute Gasteiger partial charge is 0.324 e. The van der Waals surface area contributed by atoms with Gasteiger partial charge in [-0.05, 0) is 6.92 Å². The summed E-state index contributed by atoms with van der Waals surface area (Å²) in [7, 11) is 0. The Labute approximate surface area is 58.4 Å². The van der Waals surface area contributed by atoms with Gasteiger partial charge in [0.1, 0.15) is 6.04 Å². The van der Waals surface area contributed by atoms with Crippen LogP contribution in [0.15, 0.2) is 0 Å². The first-order valence-electron chi connectivity index (χ1n) is 2.40. The molecule has 4 nitrogen and oxygen atoms in total. The van der Waals surface area contributed by atoms with E-state index in [0.29, 0.717) is 0 Å². The van der Waals surface area contributed by atoms with Gasteiger partial charge >= 0.3 is 5.97 Å². The maximum Gasteiger partial charge on any atom is 0.324 e. The summed E-state index contributed by atoms with van der Waals surface area (Å²) in [4.78, 5) is 10.1. The van der Waals surface area contributed by atoms with Gasteiger partial charge in [0.2, 0.25) is 0 Å². The molecule has 2 atom stereocenters. The van der Waals surface area contributed by atoms with E-state index in [1.165, 1.54) is 6.92 Å². The summed E-state index contributed by atoms with van der Waals surface area (Å²) >= 11 is 3.50. The Bertz CT molecular complexity index is 106. The molecule has 0 saturated carbocycles. The molecule has 0 amide bonds. The second-order valence-corrected chi connectivity index (χ2v) is 1.94. The predicted molar refractivity (Wildman–Crippen MR) is 35.2 cm³/mol. The number of hydrogen-bond acceptors (Lipinski definition) is 4. The Morgan fingerprint density at radius 3 is 2.22 bits per heavy atom. The number of aliphatic hydroxyl groups excluding tert-OH is 1. The molecule has 0 fully saturated rings. The fourth-order valence-electron chi connectivity index (χ4n) is 0.369. The molecule has 0 rings (SSSR count). The topological polar surface area (TPSA) is 69.6 Å².